The van der Waals surface area contributed by atoms with Gasteiger partial charge in [-0.15, -0.1) is 0 Å². The maximum Gasteiger partial charge on any atom is 0.301 e. The van der Waals surface area contributed by atoms with Crippen molar-refractivity contribution in [2.45, 2.75) is 39.2 Å². The largest absolute Gasteiger partial charge is 0.507 e. The van der Waals surface area contributed by atoms with Crippen LogP contribution in [0.4, 0.5) is 5.13 Å². The van der Waals surface area contributed by atoms with Gasteiger partial charge in [-0.1, -0.05) is 73.6 Å². The van der Waals surface area contributed by atoms with Crippen LogP contribution in [-0.4, -0.2) is 35.0 Å². The van der Waals surface area contributed by atoms with E-state index in [0.717, 1.165) is 24.0 Å². The zero-order valence-corrected chi connectivity index (χ0v) is 22.7. The predicted octanol–water partition coefficient (Wildman–Crippen LogP) is 6.89. The topological polar surface area (TPSA) is 89.0 Å². The summed E-state index contributed by atoms with van der Waals surface area (Å²) in [5, 5.41) is 11.7. The Kier molecular flexibility index (Phi) is 7.93. The van der Waals surface area contributed by atoms with Crippen LogP contribution in [-0.2, 0) is 9.59 Å². The summed E-state index contributed by atoms with van der Waals surface area (Å²) in [6, 6.07) is 20.8. The van der Waals surface area contributed by atoms with Crippen LogP contribution in [0.5, 0.6) is 11.5 Å². The molecule has 3 aromatic carbocycles. The van der Waals surface area contributed by atoms with Gasteiger partial charge < -0.3 is 14.6 Å². The number of nitrogens with zero attached hydrogens (tertiary/aromatic N) is 2. The number of rotatable bonds is 10. The van der Waals surface area contributed by atoms with E-state index in [1.165, 1.54) is 16.2 Å². The number of hydrogen-bond acceptors (Lipinski definition) is 7. The Balaban J connectivity index is 1.58. The highest BCUT2D eigenvalue weighted by Crippen LogP contribution is 2.44. The fourth-order valence-electron chi connectivity index (χ4n) is 4.64. The third-order valence-corrected chi connectivity index (χ3v) is 7.59. The van der Waals surface area contributed by atoms with E-state index in [2.05, 4.69) is 11.9 Å². The second-order valence-corrected chi connectivity index (χ2v) is 10.2. The van der Waals surface area contributed by atoms with Crippen molar-refractivity contribution >= 4 is 44.1 Å². The molecular weight excluding hydrogens is 512 g/mol. The van der Waals surface area contributed by atoms with Gasteiger partial charge >= 0.3 is 5.91 Å². The summed E-state index contributed by atoms with van der Waals surface area (Å²) in [5.41, 5.74) is 1.85. The number of thiazole rings is 1. The average molecular weight is 543 g/mol. The van der Waals surface area contributed by atoms with E-state index in [4.69, 9.17) is 9.47 Å². The van der Waals surface area contributed by atoms with Gasteiger partial charge in [0.2, 0.25) is 0 Å². The monoisotopic (exact) mass is 542 g/mol. The third-order valence-electron chi connectivity index (χ3n) is 6.57. The molecule has 1 amide bonds. The number of anilines is 1. The smallest absolute Gasteiger partial charge is 0.301 e. The van der Waals surface area contributed by atoms with Gasteiger partial charge in [-0.05, 0) is 49.2 Å². The van der Waals surface area contributed by atoms with Crippen LogP contribution in [0.25, 0.3) is 16.0 Å². The fraction of sp³-hybridized carbons (Fsp3) is 0.258. The minimum absolute atomic E-state index is 0.0251. The first kappa shape index (κ1) is 26.4. The number of benzene rings is 3. The second kappa shape index (κ2) is 11.7. The van der Waals surface area contributed by atoms with Crippen LogP contribution in [0.1, 0.15) is 50.3 Å². The molecule has 4 aromatic rings. The Morgan fingerprint density at radius 3 is 2.41 bits per heavy atom. The van der Waals surface area contributed by atoms with E-state index in [0.29, 0.717) is 46.5 Å². The quantitative estimate of drug-likeness (QED) is 0.102. The standard InChI is InChI=1S/C31H30N2O5S/c1-3-5-9-18-38-22-14-12-20(13-15-22)27-26(28(34)21-10-7-6-8-11-21)29(35)30(36)33(27)31-32-24-17-16-23(37-4-2)19-25(24)39-31/h6-8,10-17,19,27,34H,3-5,9,18H2,1-2H3/b28-26+. The van der Waals surface area contributed by atoms with Gasteiger partial charge in [0.05, 0.1) is 35.0 Å². The number of aromatic nitrogens is 1. The van der Waals surface area contributed by atoms with Crippen molar-refractivity contribution in [3.8, 4) is 11.5 Å². The van der Waals surface area contributed by atoms with Crippen LogP contribution >= 0.6 is 11.3 Å². The fourth-order valence-corrected chi connectivity index (χ4v) is 5.66. The van der Waals surface area contributed by atoms with Crippen molar-refractivity contribution in [3.63, 3.8) is 0 Å². The third kappa shape index (κ3) is 5.38. The number of aliphatic hydroxyl groups is 1. The number of carbonyl (C=O) groups is 2. The molecule has 1 aromatic heterocycles. The number of amides is 1. The van der Waals surface area contributed by atoms with Gasteiger partial charge in [0.1, 0.15) is 17.3 Å². The number of aliphatic hydroxyl groups excluding tert-OH is 1. The van der Waals surface area contributed by atoms with Gasteiger partial charge in [-0.25, -0.2) is 4.98 Å². The molecule has 1 unspecified atom stereocenters. The zero-order valence-electron chi connectivity index (χ0n) is 21.9. The van der Waals surface area contributed by atoms with Crippen molar-refractivity contribution in [1.82, 2.24) is 4.98 Å². The molecule has 5 rings (SSSR count). The lowest BCUT2D eigenvalue weighted by molar-refractivity contribution is -0.132. The molecule has 0 saturated carbocycles. The summed E-state index contributed by atoms with van der Waals surface area (Å²) in [6.45, 7) is 5.21. The van der Waals surface area contributed by atoms with E-state index in [1.807, 2.05) is 55.5 Å². The van der Waals surface area contributed by atoms with Crippen molar-refractivity contribution in [2.75, 3.05) is 18.1 Å². The molecule has 1 aliphatic heterocycles. The van der Waals surface area contributed by atoms with Crippen LogP contribution in [0, 0.1) is 0 Å². The van der Waals surface area contributed by atoms with Crippen molar-refractivity contribution in [3.05, 3.63) is 89.5 Å². The minimum atomic E-state index is -0.855. The molecule has 1 fully saturated rings. The Bertz CT molecular complexity index is 1510. The van der Waals surface area contributed by atoms with E-state index in [-0.39, 0.29) is 11.3 Å². The molecule has 2 heterocycles. The number of Topliss-reactive ketones (excluding diaryl/α,β-unsaturated/α-hetero) is 1. The molecule has 0 spiro atoms. The molecule has 39 heavy (non-hydrogen) atoms. The Morgan fingerprint density at radius 2 is 1.69 bits per heavy atom. The summed E-state index contributed by atoms with van der Waals surface area (Å²) in [4.78, 5) is 33.0. The van der Waals surface area contributed by atoms with Crippen molar-refractivity contribution in [1.29, 1.82) is 0 Å². The Morgan fingerprint density at radius 1 is 0.949 bits per heavy atom. The maximum atomic E-state index is 13.5. The number of unbranched alkanes of at least 4 members (excludes halogenated alkanes) is 2. The number of hydrogen-bond donors (Lipinski definition) is 1. The predicted molar refractivity (Wildman–Crippen MR) is 153 cm³/mol. The molecular formula is C31H30N2O5S. The lowest BCUT2D eigenvalue weighted by atomic mass is 9.95. The van der Waals surface area contributed by atoms with Crippen LogP contribution in [0.2, 0.25) is 0 Å². The number of fused-ring (bicyclic) bond motifs is 1. The molecule has 1 N–H and O–H groups in total. The molecule has 0 radical (unpaired) electrons. The summed E-state index contributed by atoms with van der Waals surface area (Å²) >= 11 is 1.30. The van der Waals surface area contributed by atoms with Crippen molar-refractivity contribution < 1.29 is 24.2 Å². The summed E-state index contributed by atoms with van der Waals surface area (Å²) in [5.74, 6) is -0.297. The van der Waals surface area contributed by atoms with E-state index in [1.54, 1.807) is 24.3 Å². The molecule has 8 heteroatoms. The lowest BCUT2D eigenvalue weighted by Gasteiger charge is -2.23. The number of ether oxygens (including phenoxy) is 2. The van der Waals surface area contributed by atoms with Crippen LogP contribution in [0.3, 0.4) is 0 Å². The first-order valence-electron chi connectivity index (χ1n) is 13.1. The van der Waals surface area contributed by atoms with Crippen molar-refractivity contribution in [2.24, 2.45) is 0 Å². The van der Waals surface area contributed by atoms with Gasteiger partial charge in [-0.2, -0.15) is 0 Å². The Labute approximate surface area is 231 Å². The SMILES string of the molecule is CCCCCOc1ccc(C2/C(=C(\O)c3ccccc3)C(=O)C(=O)N2c2nc3ccc(OCC)cc3s2)cc1. The second-order valence-electron chi connectivity index (χ2n) is 9.22. The lowest BCUT2D eigenvalue weighted by Crippen LogP contribution is -2.29. The highest BCUT2D eigenvalue weighted by Gasteiger charge is 2.48. The maximum absolute atomic E-state index is 13.5. The molecule has 0 aliphatic carbocycles. The Hall–Kier alpha value is -4.17. The van der Waals surface area contributed by atoms with Gasteiger partial charge in [0, 0.05) is 5.56 Å². The summed E-state index contributed by atoms with van der Waals surface area (Å²) in [6.07, 6.45) is 3.18. The minimum Gasteiger partial charge on any atom is -0.507 e. The molecule has 1 saturated heterocycles. The van der Waals surface area contributed by atoms with E-state index >= 15 is 0 Å². The molecule has 0 bridgehead atoms. The number of ketones is 1. The zero-order chi connectivity index (χ0) is 27.4. The highest BCUT2D eigenvalue weighted by atomic mass is 32.1. The van der Waals surface area contributed by atoms with Crippen LogP contribution < -0.4 is 14.4 Å². The number of carbonyl (C=O) groups excluding carboxylic acids is 2. The molecule has 1 atom stereocenters. The molecule has 7 nitrogen and oxygen atoms in total. The molecule has 200 valence electrons. The van der Waals surface area contributed by atoms with Gasteiger partial charge in [0.15, 0.2) is 5.13 Å². The summed E-state index contributed by atoms with van der Waals surface area (Å²) in [7, 11) is 0. The van der Waals surface area contributed by atoms with Gasteiger partial charge in [-0.3, -0.25) is 14.5 Å². The first-order chi connectivity index (χ1) is 19.0. The highest BCUT2D eigenvalue weighted by molar-refractivity contribution is 7.22. The van der Waals surface area contributed by atoms with E-state index < -0.39 is 17.7 Å². The first-order valence-corrected chi connectivity index (χ1v) is 14.0. The van der Waals surface area contributed by atoms with Gasteiger partial charge in [0.25, 0.3) is 5.78 Å². The average Bonchev–Trinajstić information content (AvgIpc) is 3.49. The summed E-state index contributed by atoms with van der Waals surface area (Å²) < 4.78 is 12.3. The normalized spacial score (nSPS) is 16.7. The molecule has 1 aliphatic rings. The van der Waals surface area contributed by atoms with Crippen LogP contribution in [0.15, 0.2) is 78.4 Å². The van der Waals surface area contributed by atoms with E-state index in [9.17, 15) is 14.7 Å².